The van der Waals surface area contributed by atoms with Crippen molar-refractivity contribution in [3.05, 3.63) is 29.3 Å². The second-order valence-electron chi connectivity index (χ2n) is 5.57. The fourth-order valence-corrected chi connectivity index (χ4v) is 4.07. The molecule has 20 heavy (non-hydrogen) atoms. The van der Waals surface area contributed by atoms with Crippen molar-refractivity contribution in [3.63, 3.8) is 0 Å². The first-order valence-electron chi connectivity index (χ1n) is 7.34. The van der Waals surface area contributed by atoms with Gasteiger partial charge in [-0.15, -0.1) is 11.8 Å². The summed E-state index contributed by atoms with van der Waals surface area (Å²) in [4.78, 5) is 1.33. The van der Waals surface area contributed by atoms with Gasteiger partial charge in [-0.1, -0.05) is 11.6 Å². The van der Waals surface area contributed by atoms with Crippen LogP contribution in [0.2, 0.25) is 5.02 Å². The molecule has 0 saturated heterocycles. The summed E-state index contributed by atoms with van der Waals surface area (Å²) in [7, 11) is 1.76. The van der Waals surface area contributed by atoms with E-state index >= 15 is 0 Å². The van der Waals surface area contributed by atoms with E-state index in [9.17, 15) is 0 Å². The number of hydrogen-bond acceptors (Lipinski definition) is 3. The van der Waals surface area contributed by atoms with Crippen molar-refractivity contribution in [2.24, 2.45) is 0 Å². The molecule has 0 aliphatic heterocycles. The Balaban J connectivity index is 1.72. The zero-order valence-corrected chi connectivity index (χ0v) is 13.8. The molecule has 0 aromatic heterocycles. The lowest BCUT2D eigenvalue weighted by atomic mass is 9.94. The van der Waals surface area contributed by atoms with Gasteiger partial charge in [-0.25, -0.2) is 0 Å². The summed E-state index contributed by atoms with van der Waals surface area (Å²) in [6.45, 7) is 2.98. The maximum Gasteiger partial charge on any atom is 0.0613 e. The lowest BCUT2D eigenvalue weighted by Gasteiger charge is -2.30. The summed E-state index contributed by atoms with van der Waals surface area (Å²) < 4.78 is 5.18. The average molecular weight is 314 g/mol. The first-order valence-corrected chi connectivity index (χ1v) is 8.60. The quantitative estimate of drug-likeness (QED) is 0.842. The Kier molecular flexibility index (Phi) is 6.69. The summed E-state index contributed by atoms with van der Waals surface area (Å²) in [6.07, 6.45) is 5.09. The zero-order chi connectivity index (χ0) is 14.4. The first-order chi connectivity index (χ1) is 9.67. The fraction of sp³-hybridized carbons (Fsp3) is 0.625. The molecule has 1 N–H and O–H groups in total. The summed E-state index contributed by atoms with van der Waals surface area (Å²) >= 11 is 7.91. The standard InChI is InChI=1S/C16H24ClNOS/c1-12(11-19-2)18-14-5-9-16(10-6-14)20-15-7-3-13(17)4-8-15/h3-4,7-8,12,14,16,18H,5-6,9-11H2,1-2H3/t12-,14?,16?/m0/s1. The number of methoxy groups -OCH3 is 1. The van der Waals surface area contributed by atoms with Crippen LogP contribution in [-0.2, 0) is 4.74 Å². The number of rotatable bonds is 6. The van der Waals surface area contributed by atoms with Gasteiger partial charge in [-0.05, 0) is 56.9 Å². The molecular weight excluding hydrogens is 290 g/mol. The van der Waals surface area contributed by atoms with E-state index in [1.807, 2.05) is 23.9 Å². The summed E-state index contributed by atoms with van der Waals surface area (Å²) in [5, 5.41) is 5.22. The molecular formula is C16H24ClNOS. The molecule has 1 atom stereocenters. The van der Waals surface area contributed by atoms with Crippen molar-refractivity contribution >= 4 is 23.4 Å². The molecule has 1 aliphatic rings. The highest BCUT2D eigenvalue weighted by molar-refractivity contribution is 8.00. The fourth-order valence-electron chi connectivity index (χ4n) is 2.75. The molecule has 0 bridgehead atoms. The summed E-state index contributed by atoms with van der Waals surface area (Å²) in [6, 6.07) is 9.30. The van der Waals surface area contributed by atoms with Gasteiger partial charge in [0.05, 0.1) is 6.61 Å². The van der Waals surface area contributed by atoms with Crippen molar-refractivity contribution in [2.45, 2.75) is 54.8 Å². The topological polar surface area (TPSA) is 21.3 Å². The van der Waals surface area contributed by atoms with E-state index in [1.54, 1.807) is 7.11 Å². The predicted molar refractivity (Wildman–Crippen MR) is 87.8 cm³/mol. The number of ether oxygens (including phenoxy) is 1. The van der Waals surface area contributed by atoms with Crippen LogP contribution >= 0.6 is 23.4 Å². The highest BCUT2D eigenvalue weighted by atomic mass is 35.5. The zero-order valence-electron chi connectivity index (χ0n) is 12.3. The summed E-state index contributed by atoms with van der Waals surface area (Å²) in [5.41, 5.74) is 0. The third kappa shape index (κ3) is 5.28. The van der Waals surface area contributed by atoms with E-state index in [0.717, 1.165) is 16.9 Å². The maximum absolute atomic E-state index is 5.92. The Hall–Kier alpha value is -0.220. The van der Waals surface area contributed by atoms with Crippen LogP contribution < -0.4 is 5.32 Å². The minimum atomic E-state index is 0.450. The molecule has 0 amide bonds. The van der Waals surface area contributed by atoms with E-state index in [0.29, 0.717) is 12.1 Å². The Bertz CT molecular complexity index is 390. The molecule has 0 radical (unpaired) electrons. The Morgan fingerprint density at radius 3 is 2.50 bits per heavy atom. The molecule has 2 rings (SSSR count). The molecule has 1 saturated carbocycles. The number of benzene rings is 1. The summed E-state index contributed by atoms with van der Waals surface area (Å²) in [5.74, 6) is 0. The maximum atomic E-state index is 5.92. The smallest absolute Gasteiger partial charge is 0.0613 e. The van der Waals surface area contributed by atoms with Gasteiger partial charge in [0, 0.05) is 34.4 Å². The molecule has 0 unspecified atom stereocenters. The van der Waals surface area contributed by atoms with Gasteiger partial charge in [0.15, 0.2) is 0 Å². The van der Waals surface area contributed by atoms with Crippen LogP contribution in [0.5, 0.6) is 0 Å². The predicted octanol–water partition coefficient (Wildman–Crippen LogP) is 4.37. The van der Waals surface area contributed by atoms with Crippen LogP contribution in [0.15, 0.2) is 29.2 Å². The Morgan fingerprint density at radius 2 is 1.90 bits per heavy atom. The van der Waals surface area contributed by atoms with Crippen LogP contribution in [0, 0.1) is 0 Å². The van der Waals surface area contributed by atoms with Crippen molar-refractivity contribution in [3.8, 4) is 0 Å². The van der Waals surface area contributed by atoms with E-state index in [4.69, 9.17) is 16.3 Å². The van der Waals surface area contributed by atoms with E-state index in [-0.39, 0.29) is 0 Å². The monoisotopic (exact) mass is 313 g/mol. The Morgan fingerprint density at radius 1 is 1.25 bits per heavy atom. The molecule has 1 fully saturated rings. The minimum Gasteiger partial charge on any atom is -0.383 e. The van der Waals surface area contributed by atoms with Crippen molar-refractivity contribution < 1.29 is 4.74 Å². The van der Waals surface area contributed by atoms with E-state index < -0.39 is 0 Å². The molecule has 112 valence electrons. The van der Waals surface area contributed by atoms with Gasteiger partial charge in [-0.2, -0.15) is 0 Å². The van der Waals surface area contributed by atoms with Crippen LogP contribution in [0.3, 0.4) is 0 Å². The lowest BCUT2D eigenvalue weighted by Crippen LogP contribution is -2.41. The number of nitrogens with one attached hydrogen (secondary N) is 1. The molecule has 0 heterocycles. The lowest BCUT2D eigenvalue weighted by molar-refractivity contribution is 0.162. The van der Waals surface area contributed by atoms with Gasteiger partial charge in [0.2, 0.25) is 0 Å². The van der Waals surface area contributed by atoms with Gasteiger partial charge in [0.1, 0.15) is 0 Å². The second-order valence-corrected chi connectivity index (χ2v) is 7.38. The van der Waals surface area contributed by atoms with Gasteiger partial charge in [0.25, 0.3) is 0 Å². The molecule has 0 spiro atoms. The van der Waals surface area contributed by atoms with Crippen LogP contribution in [0.25, 0.3) is 0 Å². The van der Waals surface area contributed by atoms with Gasteiger partial charge < -0.3 is 10.1 Å². The Labute approximate surface area is 131 Å². The van der Waals surface area contributed by atoms with E-state index in [1.165, 1.54) is 30.6 Å². The molecule has 1 aliphatic carbocycles. The van der Waals surface area contributed by atoms with Crippen LogP contribution in [-0.4, -0.2) is 31.1 Å². The second kappa shape index (κ2) is 8.28. The molecule has 4 heteroatoms. The third-order valence-corrected chi connectivity index (χ3v) is 5.33. The van der Waals surface area contributed by atoms with Crippen molar-refractivity contribution in [1.82, 2.24) is 5.32 Å². The minimum absolute atomic E-state index is 0.450. The van der Waals surface area contributed by atoms with Crippen molar-refractivity contribution in [2.75, 3.05) is 13.7 Å². The van der Waals surface area contributed by atoms with Gasteiger partial charge in [-0.3, -0.25) is 0 Å². The number of hydrogen-bond donors (Lipinski definition) is 1. The van der Waals surface area contributed by atoms with Crippen LogP contribution in [0.4, 0.5) is 0 Å². The van der Waals surface area contributed by atoms with Crippen LogP contribution in [0.1, 0.15) is 32.6 Å². The SMILES string of the molecule is COC[C@H](C)NC1CCC(Sc2ccc(Cl)cc2)CC1. The largest absolute Gasteiger partial charge is 0.383 e. The molecule has 1 aromatic rings. The third-order valence-electron chi connectivity index (χ3n) is 3.73. The highest BCUT2D eigenvalue weighted by Crippen LogP contribution is 2.34. The molecule has 2 nitrogen and oxygen atoms in total. The molecule has 1 aromatic carbocycles. The normalized spacial score (nSPS) is 24.6. The van der Waals surface area contributed by atoms with Crippen molar-refractivity contribution in [1.29, 1.82) is 0 Å². The average Bonchev–Trinajstić information content (AvgIpc) is 2.44. The number of halogens is 1. The number of thioether (sulfide) groups is 1. The highest BCUT2D eigenvalue weighted by Gasteiger charge is 2.22. The first kappa shape index (κ1) is 16.2. The van der Waals surface area contributed by atoms with Gasteiger partial charge >= 0.3 is 0 Å². The van der Waals surface area contributed by atoms with E-state index in [2.05, 4.69) is 24.4 Å².